The van der Waals surface area contributed by atoms with E-state index in [0.717, 1.165) is 11.8 Å². The molecule has 11 heavy (non-hydrogen) atoms. The van der Waals surface area contributed by atoms with Gasteiger partial charge >= 0.3 is 0 Å². The molecule has 0 heterocycles. The fraction of sp³-hybridized carbons (Fsp3) is 0.778. The lowest BCUT2D eigenvalue weighted by Crippen LogP contribution is -1.74. The van der Waals surface area contributed by atoms with Gasteiger partial charge in [-0.25, -0.2) is 0 Å². The first-order valence-corrected chi connectivity index (χ1v) is 4.99. The summed E-state index contributed by atoms with van der Waals surface area (Å²) in [5.74, 6) is 2.34. The van der Waals surface area contributed by atoms with Crippen molar-refractivity contribution in [3.05, 3.63) is 10.6 Å². The van der Waals surface area contributed by atoms with Gasteiger partial charge in [-0.05, 0) is 17.8 Å². The Morgan fingerprint density at radius 3 is 1.91 bits per heavy atom. The second kappa shape index (κ2) is 3.82. The van der Waals surface area contributed by atoms with Gasteiger partial charge in [-0.3, -0.25) is 0 Å². The predicted octanol–water partition coefficient (Wildman–Crippen LogP) is 3.99. The highest BCUT2D eigenvalue weighted by Crippen LogP contribution is 2.52. The molecule has 0 radical (unpaired) electrons. The van der Waals surface area contributed by atoms with Gasteiger partial charge in [-0.2, -0.15) is 0 Å². The fourth-order valence-electron chi connectivity index (χ4n) is 2.02. The maximum absolute atomic E-state index is 5.58. The van der Waals surface area contributed by atoms with Gasteiger partial charge in [0, 0.05) is 0 Å². The van der Waals surface area contributed by atoms with Gasteiger partial charge in [0.25, 0.3) is 0 Å². The van der Waals surface area contributed by atoms with Gasteiger partial charge in [0.2, 0.25) is 0 Å². The van der Waals surface area contributed by atoms with Crippen LogP contribution in [0.3, 0.4) is 0 Å². The van der Waals surface area contributed by atoms with Crippen LogP contribution in [0.4, 0.5) is 0 Å². The highest BCUT2D eigenvalue weighted by Gasteiger charge is 2.45. The largest absolute Gasteiger partial charge is 0.103 e. The lowest BCUT2D eigenvalue weighted by atomic mass is 10.2. The summed E-state index contributed by atoms with van der Waals surface area (Å²) in [6.45, 7) is 4.45. The van der Waals surface area contributed by atoms with Crippen LogP contribution >= 0.6 is 23.2 Å². The Morgan fingerprint density at radius 1 is 1.18 bits per heavy atom. The summed E-state index contributed by atoms with van der Waals surface area (Å²) in [7, 11) is 0. The summed E-state index contributed by atoms with van der Waals surface area (Å²) in [5, 5.41) is 0. The minimum atomic E-state index is 0.435. The van der Waals surface area contributed by atoms with E-state index in [4.69, 9.17) is 23.2 Å². The second-order valence-electron chi connectivity index (χ2n) is 3.18. The molecule has 0 aromatic carbocycles. The number of hydrogen-bond acceptors (Lipinski definition) is 0. The SMILES string of the molecule is CC[C@@H]1C(C=C(Cl)Cl)[C@H]1CC. The molecule has 0 N–H and O–H groups in total. The van der Waals surface area contributed by atoms with Crippen molar-refractivity contribution in [2.45, 2.75) is 26.7 Å². The Balaban J connectivity index is 2.45. The third-order valence-electron chi connectivity index (χ3n) is 2.66. The van der Waals surface area contributed by atoms with Crippen molar-refractivity contribution in [3.63, 3.8) is 0 Å². The molecular weight excluding hydrogens is 179 g/mol. The van der Waals surface area contributed by atoms with Crippen LogP contribution in [0, 0.1) is 17.8 Å². The molecule has 1 fully saturated rings. The summed E-state index contributed by atoms with van der Waals surface area (Å²) < 4.78 is 0.435. The quantitative estimate of drug-likeness (QED) is 0.635. The molecule has 1 aliphatic carbocycles. The molecule has 2 atom stereocenters. The van der Waals surface area contributed by atoms with Crippen LogP contribution in [0.15, 0.2) is 10.6 Å². The first-order chi connectivity index (χ1) is 5.20. The third-order valence-corrected chi connectivity index (χ3v) is 2.91. The van der Waals surface area contributed by atoms with Crippen LogP contribution in [0.5, 0.6) is 0 Å². The van der Waals surface area contributed by atoms with E-state index >= 15 is 0 Å². The second-order valence-corrected chi connectivity index (χ2v) is 4.19. The van der Waals surface area contributed by atoms with E-state index in [1.54, 1.807) is 0 Å². The molecule has 0 aliphatic heterocycles. The van der Waals surface area contributed by atoms with Crippen LogP contribution in [-0.4, -0.2) is 0 Å². The van der Waals surface area contributed by atoms with Crippen LogP contribution in [-0.2, 0) is 0 Å². The molecule has 1 saturated carbocycles. The lowest BCUT2D eigenvalue weighted by Gasteiger charge is -1.85. The molecule has 1 rings (SSSR count). The number of rotatable bonds is 3. The minimum Gasteiger partial charge on any atom is -0.0712 e. The van der Waals surface area contributed by atoms with Gasteiger partial charge in [-0.15, -0.1) is 0 Å². The zero-order valence-corrected chi connectivity index (χ0v) is 8.49. The molecule has 0 saturated heterocycles. The summed E-state index contributed by atoms with van der Waals surface area (Å²) in [5.41, 5.74) is 0. The van der Waals surface area contributed by atoms with Gasteiger partial charge in [0.1, 0.15) is 4.49 Å². The van der Waals surface area contributed by atoms with E-state index in [1.807, 2.05) is 6.08 Å². The Hall–Kier alpha value is 0.320. The van der Waals surface area contributed by atoms with Gasteiger partial charge in [0.05, 0.1) is 0 Å². The normalized spacial score (nSPS) is 35.1. The minimum absolute atomic E-state index is 0.435. The topological polar surface area (TPSA) is 0 Å². The van der Waals surface area contributed by atoms with Crippen molar-refractivity contribution in [1.29, 1.82) is 0 Å². The molecule has 0 amide bonds. The first kappa shape index (κ1) is 9.41. The highest BCUT2D eigenvalue weighted by molar-refractivity contribution is 6.55. The monoisotopic (exact) mass is 192 g/mol. The van der Waals surface area contributed by atoms with Crippen molar-refractivity contribution >= 4 is 23.2 Å². The van der Waals surface area contributed by atoms with E-state index in [1.165, 1.54) is 12.8 Å². The van der Waals surface area contributed by atoms with Gasteiger partial charge < -0.3 is 0 Å². The molecule has 64 valence electrons. The first-order valence-electron chi connectivity index (χ1n) is 4.23. The zero-order chi connectivity index (χ0) is 8.43. The van der Waals surface area contributed by atoms with Crippen molar-refractivity contribution < 1.29 is 0 Å². The van der Waals surface area contributed by atoms with Gasteiger partial charge in [0.15, 0.2) is 0 Å². The Morgan fingerprint density at radius 2 is 1.64 bits per heavy atom. The van der Waals surface area contributed by atoms with E-state index < -0.39 is 0 Å². The summed E-state index contributed by atoms with van der Waals surface area (Å²) >= 11 is 11.2. The summed E-state index contributed by atoms with van der Waals surface area (Å²) in [6.07, 6.45) is 4.49. The smallest absolute Gasteiger partial charge is 0.0712 e. The average Bonchev–Trinajstić information content (AvgIpc) is 2.60. The summed E-state index contributed by atoms with van der Waals surface area (Å²) in [4.78, 5) is 0. The maximum Gasteiger partial charge on any atom is 0.103 e. The van der Waals surface area contributed by atoms with E-state index in [9.17, 15) is 0 Å². The van der Waals surface area contributed by atoms with Crippen LogP contribution in [0.2, 0.25) is 0 Å². The molecule has 1 aliphatic rings. The highest BCUT2D eigenvalue weighted by atomic mass is 35.5. The van der Waals surface area contributed by atoms with Crippen molar-refractivity contribution in [2.75, 3.05) is 0 Å². The molecule has 0 aromatic heterocycles. The maximum atomic E-state index is 5.58. The molecule has 0 aromatic rings. The van der Waals surface area contributed by atoms with Crippen molar-refractivity contribution in [2.24, 2.45) is 17.8 Å². The van der Waals surface area contributed by atoms with Crippen LogP contribution < -0.4 is 0 Å². The van der Waals surface area contributed by atoms with E-state index in [-0.39, 0.29) is 0 Å². The third kappa shape index (κ3) is 2.13. The molecule has 0 unspecified atom stereocenters. The predicted molar refractivity (Wildman–Crippen MR) is 50.8 cm³/mol. The summed E-state index contributed by atoms with van der Waals surface area (Å²) in [6, 6.07) is 0. The molecular formula is C9H14Cl2. The number of allylic oxidation sites excluding steroid dienone is 1. The molecule has 0 nitrogen and oxygen atoms in total. The molecule has 0 bridgehead atoms. The lowest BCUT2D eigenvalue weighted by molar-refractivity contribution is 0.663. The fourth-order valence-corrected chi connectivity index (χ4v) is 2.31. The number of halogens is 2. The molecule has 2 heteroatoms. The Labute approximate surface area is 78.6 Å². The Bertz CT molecular complexity index is 149. The van der Waals surface area contributed by atoms with Gasteiger partial charge in [-0.1, -0.05) is 56.0 Å². The van der Waals surface area contributed by atoms with E-state index in [0.29, 0.717) is 10.4 Å². The van der Waals surface area contributed by atoms with Crippen LogP contribution in [0.25, 0.3) is 0 Å². The van der Waals surface area contributed by atoms with Crippen molar-refractivity contribution in [1.82, 2.24) is 0 Å². The van der Waals surface area contributed by atoms with Crippen molar-refractivity contribution in [3.8, 4) is 0 Å². The number of hydrogen-bond donors (Lipinski definition) is 0. The van der Waals surface area contributed by atoms with E-state index in [2.05, 4.69) is 13.8 Å². The Kier molecular flexibility index (Phi) is 3.27. The zero-order valence-electron chi connectivity index (χ0n) is 6.98. The average molecular weight is 193 g/mol. The molecule has 0 spiro atoms. The van der Waals surface area contributed by atoms with Crippen LogP contribution in [0.1, 0.15) is 26.7 Å². The standard InChI is InChI=1S/C9H14Cl2/c1-3-6-7(4-2)8(6)5-9(10)11/h5-8H,3-4H2,1-2H3/t6-,7-/m0/s1.